The van der Waals surface area contributed by atoms with Crippen LogP contribution in [0.4, 0.5) is 10.7 Å². The number of hydrogen-bond acceptors (Lipinski definition) is 11. The van der Waals surface area contributed by atoms with Crippen LogP contribution in [0, 0.1) is 11.8 Å². The van der Waals surface area contributed by atoms with Gasteiger partial charge in [0, 0.05) is 41.9 Å². The fraction of sp³-hybridized carbons (Fsp3) is 0.392. The molecule has 3 aromatic carbocycles. The van der Waals surface area contributed by atoms with Crippen LogP contribution in [0.2, 0.25) is 0 Å². The lowest BCUT2D eigenvalue weighted by Gasteiger charge is -2.29. The maximum atomic E-state index is 14.2. The number of aromatic amines is 1. The van der Waals surface area contributed by atoms with E-state index in [9.17, 15) is 33.9 Å². The number of nitrogens with zero attached hydrogens (tertiary/aromatic N) is 1. The Kier molecular flexibility index (Phi) is 18.2. The third-order valence-corrected chi connectivity index (χ3v) is 13.0. The fourth-order valence-electron chi connectivity index (χ4n) is 8.29. The predicted octanol–water partition coefficient (Wildman–Crippen LogP) is 6.11. The van der Waals surface area contributed by atoms with Gasteiger partial charge in [0.25, 0.3) is 5.91 Å². The van der Waals surface area contributed by atoms with Gasteiger partial charge in [-0.2, -0.15) is 0 Å². The van der Waals surface area contributed by atoms with Crippen molar-refractivity contribution in [2.24, 2.45) is 17.6 Å². The van der Waals surface area contributed by atoms with Gasteiger partial charge in [-0.25, -0.2) is 9.78 Å². The van der Waals surface area contributed by atoms with Crippen molar-refractivity contribution in [3.8, 4) is 11.1 Å². The maximum Gasteiger partial charge on any atom is 0.414 e. The number of carbonyl (C=O) groups excluding carboxylic acids is 6. The van der Waals surface area contributed by atoms with Gasteiger partial charge in [-0.1, -0.05) is 101 Å². The van der Waals surface area contributed by atoms with Crippen molar-refractivity contribution in [3.63, 3.8) is 0 Å². The number of aromatic nitrogens is 2. The zero-order valence-electron chi connectivity index (χ0n) is 38.9. The molecular formula is C51H62N8O8S. The van der Waals surface area contributed by atoms with Gasteiger partial charge in [-0.05, 0) is 82.5 Å². The maximum absolute atomic E-state index is 14.2. The highest BCUT2D eigenvalue weighted by atomic mass is 32.1. The van der Waals surface area contributed by atoms with E-state index in [0.29, 0.717) is 30.5 Å². The minimum absolute atomic E-state index is 0.0383. The van der Waals surface area contributed by atoms with E-state index in [0.717, 1.165) is 27.1 Å². The van der Waals surface area contributed by atoms with Gasteiger partial charge < -0.3 is 36.5 Å². The van der Waals surface area contributed by atoms with E-state index in [4.69, 9.17) is 10.5 Å². The van der Waals surface area contributed by atoms with E-state index in [-0.39, 0.29) is 67.6 Å². The Bertz CT molecular complexity index is 2480. The van der Waals surface area contributed by atoms with Gasteiger partial charge in [0.15, 0.2) is 0 Å². The van der Waals surface area contributed by atoms with Crippen LogP contribution in [0.3, 0.4) is 0 Å². The number of fused-ring (bicyclic) bond motifs is 3. The zero-order valence-corrected chi connectivity index (χ0v) is 39.7. The molecule has 360 valence electrons. The second-order valence-electron chi connectivity index (χ2n) is 17.6. The van der Waals surface area contributed by atoms with E-state index >= 15 is 0 Å². The summed E-state index contributed by atoms with van der Waals surface area (Å²) in [4.78, 5) is 89.1. The summed E-state index contributed by atoms with van der Waals surface area (Å²) in [5, 5.41) is 26.9. The van der Waals surface area contributed by atoms with Crippen molar-refractivity contribution in [1.82, 2.24) is 31.2 Å². The average Bonchev–Trinajstić information content (AvgIpc) is 4.09. The number of anilines is 1. The smallest absolute Gasteiger partial charge is 0.414 e. The van der Waals surface area contributed by atoms with Crippen molar-refractivity contribution >= 4 is 52.9 Å². The minimum atomic E-state index is -1.40. The predicted molar refractivity (Wildman–Crippen MR) is 260 cm³/mol. The molecule has 68 heavy (non-hydrogen) atoms. The Labute approximate surface area is 400 Å². The number of nitrogens with one attached hydrogen (secondary N) is 6. The molecule has 0 spiro atoms. The van der Waals surface area contributed by atoms with E-state index in [1.807, 2.05) is 74.7 Å². The molecule has 6 amide bonds. The second-order valence-corrected chi connectivity index (χ2v) is 18.7. The van der Waals surface area contributed by atoms with Crippen LogP contribution in [0.5, 0.6) is 0 Å². The molecule has 2 aromatic heterocycles. The first kappa shape index (κ1) is 50.7. The Hall–Kier alpha value is -6.69. The second kappa shape index (κ2) is 24.4. The van der Waals surface area contributed by atoms with Crippen molar-refractivity contribution in [3.05, 3.63) is 129 Å². The molecule has 1 aliphatic rings. The van der Waals surface area contributed by atoms with E-state index < -0.39 is 60.4 Å². The molecule has 17 heteroatoms. The quantitative estimate of drug-likeness (QED) is 0.0373. The standard InChI is InChI=1S/C51H62N8O8S/c1-5-31(4)46(49(65)58-47(63)33-14-10-13-32(24-33)27-52)57-45(62)26-43(60)41(23-30(2)3)56-48(64)42(55-44(61)21-11-15-35-16-12-22-68-35)25-34-28-53-50(54-34)59-51(66)67-29-40-38-19-8-6-17-36(38)37-18-7-9-20-39(37)40/h6-10,12-14,16-20,22,24,28,30-31,40-43,46,60H,5,11,15,21,23,25-27,29,52H2,1-4H3,(H,55,61)(H,56,64)(H,57,62)(H,58,63,65)(H2,53,54,59,66)/t31-,41-,42-,43-,46-/m0/s1. The highest BCUT2D eigenvalue weighted by Gasteiger charge is 2.33. The van der Waals surface area contributed by atoms with Crippen molar-refractivity contribution < 1.29 is 38.6 Å². The van der Waals surface area contributed by atoms with E-state index in [1.165, 1.54) is 6.20 Å². The molecule has 2 heterocycles. The average molecular weight is 947 g/mol. The molecule has 0 bridgehead atoms. The van der Waals surface area contributed by atoms with Crippen LogP contribution in [-0.2, 0) is 43.3 Å². The minimum Gasteiger partial charge on any atom is -0.448 e. The van der Waals surface area contributed by atoms with Crippen molar-refractivity contribution in [2.45, 2.75) is 109 Å². The van der Waals surface area contributed by atoms with E-state index in [2.05, 4.69) is 48.7 Å². The number of imidazole rings is 1. The number of ether oxygens (including phenoxy) is 1. The number of amides is 6. The number of aliphatic hydroxyl groups excluding tert-OH is 1. The highest BCUT2D eigenvalue weighted by molar-refractivity contribution is 7.09. The summed E-state index contributed by atoms with van der Waals surface area (Å²) in [5.74, 6) is -3.48. The molecule has 5 atom stereocenters. The number of nitrogens with two attached hydrogens (primary N) is 1. The highest BCUT2D eigenvalue weighted by Crippen LogP contribution is 2.44. The summed E-state index contributed by atoms with van der Waals surface area (Å²) in [6, 6.07) is 23.3. The molecule has 5 aromatic rings. The molecule has 9 N–H and O–H groups in total. The number of aryl methyl sites for hydroxylation is 1. The molecule has 0 radical (unpaired) electrons. The summed E-state index contributed by atoms with van der Waals surface area (Å²) in [7, 11) is 0. The number of thiophene rings is 1. The topological polar surface area (TPSA) is 247 Å². The first-order valence-corrected chi connectivity index (χ1v) is 24.0. The molecule has 0 saturated heterocycles. The number of benzene rings is 3. The van der Waals surface area contributed by atoms with Crippen molar-refractivity contribution in [1.29, 1.82) is 0 Å². The van der Waals surface area contributed by atoms with E-state index in [1.54, 1.807) is 42.5 Å². The van der Waals surface area contributed by atoms with Crippen LogP contribution in [0.25, 0.3) is 11.1 Å². The summed E-state index contributed by atoms with van der Waals surface area (Å²) in [5.41, 5.74) is 11.4. The molecular weight excluding hydrogens is 885 g/mol. The molecule has 16 nitrogen and oxygen atoms in total. The van der Waals surface area contributed by atoms with Gasteiger partial charge in [-0.15, -0.1) is 11.3 Å². The Balaban J connectivity index is 1.09. The Morgan fingerprint density at radius 2 is 1.59 bits per heavy atom. The number of H-pyrrole nitrogens is 1. The number of imide groups is 1. The number of aliphatic hydroxyl groups is 1. The summed E-state index contributed by atoms with van der Waals surface area (Å²) in [6.45, 7) is 7.71. The first-order valence-electron chi connectivity index (χ1n) is 23.1. The SMILES string of the molecule is CC[C@H](C)[C@H](NC(=O)C[C@H](O)[C@H](CC(C)C)NC(=O)[C@H](Cc1c[nH]c(NC(=O)OCC2c3ccccc3-c3ccccc32)n1)NC(=O)CCCc1cccs1)C(=O)NC(=O)c1cccc(CN)c1. The van der Waals surface area contributed by atoms with Crippen LogP contribution in [0.1, 0.15) is 103 Å². The number of carbonyl (C=O) groups is 6. The van der Waals surface area contributed by atoms with Crippen LogP contribution in [-0.4, -0.2) is 81.5 Å². The van der Waals surface area contributed by atoms with Crippen LogP contribution >= 0.6 is 11.3 Å². The first-order chi connectivity index (χ1) is 32.7. The Morgan fingerprint density at radius 3 is 2.25 bits per heavy atom. The lowest BCUT2D eigenvalue weighted by atomic mass is 9.95. The summed E-state index contributed by atoms with van der Waals surface area (Å²) >= 11 is 1.60. The van der Waals surface area contributed by atoms with Crippen LogP contribution < -0.4 is 32.3 Å². The summed E-state index contributed by atoms with van der Waals surface area (Å²) in [6.07, 6.45) is 0.968. The molecule has 1 aliphatic carbocycles. The third kappa shape index (κ3) is 13.9. The monoisotopic (exact) mass is 946 g/mol. The van der Waals surface area contributed by atoms with Gasteiger partial charge in [0.1, 0.15) is 18.7 Å². The molecule has 0 unspecified atom stereocenters. The fourth-order valence-corrected chi connectivity index (χ4v) is 9.05. The molecule has 0 aliphatic heterocycles. The van der Waals surface area contributed by atoms with Crippen molar-refractivity contribution in [2.75, 3.05) is 11.9 Å². The zero-order chi connectivity index (χ0) is 48.7. The number of rotatable bonds is 23. The summed E-state index contributed by atoms with van der Waals surface area (Å²) < 4.78 is 5.68. The van der Waals surface area contributed by atoms with Gasteiger partial charge in [0.05, 0.1) is 24.3 Å². The third-order valence-electron chi connectivity index (χ3n) is 12.1. The lowest BCUT2D eigenvalue weighted by molar-refractivity contribution is -0.132. The molecule has 0 saturated carbocycles. The van der Waals surface area contributed by atoms with Gasteiger partial charge in [0.2, 0.25) is 29.6 Å². The normalized spacial score (nSPS) is 14.1. The van der Waals surface area contributed by atoms with Crippen LogP contribution in [0.15, 0.2) is 96.5 Å². The molecule has 6 rings (SSSR count). The molecule has 0 fully saturated rings. The van der Waals surface area contributed by atoms with Gasteiger partial charge >= 0.3 is 6.09 Å². The Morgan fingerprint density at radius 1 is 0.868 bits per heavy atom. The lowest BCUT2D eigenvalue weighted by Crippen LogP contribution is -2.55. The largest absolute Gasteiger partial charge is 0.448 e. The number of hydrogen-bond donors (Lipinski definition) is 8. The van der Waals surface area contributed by atoms with Gasteiger partial charge in [-0.3, -0.25) is 34.6 Å².